The Balaban J connectivity index is 1.36. The number of nitrogens with zero attached hydrogens (tertiary/aromatic N) is 7. The van der Waals surface area contributed by atoms with Gasteiger partial charge in [-0.2, -0.15) is 9.78 Å². The molecule has 12 nitrogen and oxygen atoms in total. The highest BCUT2D eigenvalue weighted by molar-refractivity contribution is 6.16. The molecule has 0 spiro atoms. The Morgan fingerprint density at radius 3 is 2.59 bits per heavy atom. The normalized spacial score (nSPS) is 10.9. The predicted molar refractivity (Wildman–Crippen MR) is 165 cm³/mol. The number of unbranched alkanes of at least 4 members (excludes halogenated alkanes) is 2. The molecule has 0 radical (unpaired) electrons. The van der Waals surface area contributed by atoms with E-state index in [1.807, 2.05) is 6.07 Å². The zero-order chi connectivity index (χ0) is 30.7. The predicted octanol–water partition coefficient (Wildman–Crippen LogP) is 7.45. The maximum Gasteiger partial charge on any atom is 0.260 e. The van der Waals surface area contributed by atoms with E-state index in [1.165, 1.54) is 29.5 Å². The molecule has 2 N–H and O–H groups in total. The summed E-state index contributed by atoms with van der Waals surface area (Å²) < 4.78 is 12.2. The minimum Gasteiger partial charge on any atom is -0.505 e. The summed E-state index contributed by atoms with van der Waals surface area (Å²) in [6.45, 7) is 12.2. The molecule has 0 aliphatic carbocycles. The van der Waals surface area contributed by atoms with Crippen LogP contribution in [0.25, 0.3) is 21.6 Å². The van der Waals surface area contributed by atoms with E-state index in [9.17, 15) is 9.90 Å². The van der Waals surface area contributed by atoms with Gasteiger partial charge in [-0.3, -0.25) is 4.79 Å². The van der Waals surface area contributed by atoms with E-state index >= 15 is 0 Å². The molecular formula is C32H28N8O4. The number of nitrogens with one attached hydrogen (secondary N) is 1. The number of amides is 1. The third-order valence-electron chi connectivity index (χ3n) is 6.47. The van der Waals surface area contributed by atoms with E-state index in [2.05, 4.69) is 42.0 Å². The Bertz CT molecular complexity index is 1830. The fraction of sp³-hybridized carbons (Fsp3) is 0.156. The highest BCUT2D eigenvalue weighted by Crippen LogP contribution is 2.39. The number of carbonyl (C=O) groups is 1. The zero-order valence-corrected chi connectivity index (χ0v) is 23.6. The molecule has 0 unspecified atom stereocenters. The van der Waals surface area contributed by atoms with Crippen LogP contribution in [0.5, 0.6) is 11.5 Å². The molecule has 0 aliphatic heterocycles. The number of hydrogen-bond acceptors (Lipinski definition) is 9. The minimum atomic E-state index is -0.532. The Morgan fingerprint density at radius 2 is 1.82 bits per heavy atom. The summed E-state index contributed by atoms with van der Waals surface area (Å²) >= 11 is 0. The van der Waals surface area contributed by atoms with Gasteiger partial charge >= 0.3 is 0 Å². The van der Waals surface area contributed by atoms with Crippen molar-refractivity contribution in [2.75, 3.05) is 18.5 Å². The van der Waals surface area contributed by atoms with Crippen LogP contribution in [-0.2, 0) is 4.74 Å². The van der Waals surface area contributed by atoms with Gasteiger partial charge in [0.25, 0.3) is 17.5 Å². The quantitative estimate of drug-likeness (QED) is 0.0630. The minimum absolute atomic E-state index is 0.0307. The molecule has 0 aliphatic rings. The third-order valence-corrected chi connectivity index (χ3v) is 6.47. The van der Waals surface area contributed by atoms with E-state index in [-0.39, 0.29) is 34.5 Å². The van der Waals surface area contributed by atoms with Crippen molar-refractivity contribution < 1.29 is 19.4 Å². The average molecular weight is 589 g/mol. The maximum absolute atomic E-state index is 13.5. The average Bonchev–Trinajstić information content (AvgIpc) is 3.47. The standard InChI is InChI=1S/C32H28N8O4/c1-3-43-18-7-4-8-19-44-24-14-12-23(13-15-24)37-31(42)28-25-11-6-5-10-22(25)20-26(29(28)41)38-39-30-27(33-2)21-36-40(30)32-34-16-9-17-35-32/h3,5-6,9-17,20-21,41H,1,4,7-8,18-19H2,(H,37,42). The second kappa shape index (κ2) is 14.2. The second-order valence-electron chi connectivity index (χ2n) is 9.39. The molecule has 0 saturated carbocycles. The van der Waals surface area contributed by atoms with Crippen LogP contribution in [0.3, 0.4) is 0 Å². The number of azo groups is 1. The van der Waals surface area contributed by atoms with Gasteiger partial charge in [-0.1, -0.05) is 30.8 Å². The van der Waals surface area contributed by atoms with E-state index < -0.39 is 5.91 Å². The molecule has 0 atom stereocenters. The van der Waals surface area contributed by atoms with E-state index in [0.29, 0.717) is 35.4 Å². The molecule has 0 fully saturated rings. The molecule has 0 bridgehead atoms. The molecule has 5 rings (SSSR count). The van der Waals surface area contributed by atoms with Crippen LogP contribution < -0.4 is 10.1 Å². The Kier molecular flexibility index (Phi) is 9.48. The molecule has 3 aromatic carbocycles. The van der Waals surface area contributed by atoms with Crippen LogP contribution in [0.2, 0.25) is 0 Å². The summed E-state index contributed by atoms with van der Waals surface area (Å²) in [6, 6.07) is 17.4. The number of hydrogen-bond donors (Lipinski definition) is 2. The SMILES string of the molecule is [C-]#[N+]c1cnn(-c2ncccn2)c1N=Nc1cc2ccccc2c(C(=O)Nc2ccc(OCCCCCOC=C)cc2)c1O. The number of aromatic hydroxyl groups is 1. The topological polar surface area (TPSA) is 140 Å². The van der Waals surface area contributed by atoms with Gasteiger partial charge in [0.05, 0.1) is 37.8 Å². The molecule has 2 heterocycles. The largest absolute Gasteiger partial charge is 0.505 e. The monoisotopic (exact) mass is 588 g/mol. The summed E-state index contributed by atoms with van der Waals surface area (Å²) in [7, 11) is 0. The van der Waals surface area contributed by atoms with Crippen LogP contribution >= 0.6 is 0 Å². The van der Waals surface area contributed by atoms with Gasteiger partial charge in [0.15, 0.2) is 11.6 Å². The Hall–Kier alpha value is -6.09. The molecule has 2 aromatic heterocycles. The first kappa shape index (κ1) is 29.4. The van der Waals surface area contributed by atoms with E-state index in [0.717, 1.165) is 19.3 Å². The van der Waals surface area contributed by atoms with Gasteiger partial charge in [-0.05, 0) is 66.4 Å². The molecule has 220 valence electrons. The van der Waals surface area contributed by atoms with Crippen molar-refractivity contribution >= 4 is 39.6 Å². The summed E-state index contributed by atoms with van der Waals surface area (Å²) in [5, 5.41) is 27.9. The first-order valence-electron chi connectivity index (χ1n) is 13.7. The highest BCUT2D eigenvalue weighted by Gasteiger charge is 2.20. The van der Waals surface area contributed by atoms with Crippen molar-refractivity contribution in [3.8, 4) is 17.4 Å². The summed E-state index contributed by atoms with van der Waals surface area (Å²) in [4.78, 5) is 25.3. The van der Waals surface area contributed by atoms with E-state index in [4.69, 9.17) is 16.0 Å². The van der Waals surface area contributed by atoms with E-state index in [1.54, 1.807) is 54.6 Å². The smallest absolute Gasteiger partial charge is 0.260 e. The van der Waals surface area contributed by atoms with Gasteiger partial charge in [0.1, 0.15) is 11.4 Å². The molecule has 12 heteroatoms. The second-order valence-corrected chi connectivity index (χ2v) is 9.39. The van der Waals surface area contributed by atoms with Crippen LogP contribution in [0.1, 0.15) is 29.6 Å². The molecule has 0 saturated heterocycles. The number of rotatable bonds is 13. The lowest BCUT2D eigenvalue weighted by atomic mass is 10.0. The fourth-order valence-corrected chi connectivity index (χ4v) is 4.35. The summed E-state index contributed by atoms with van der Waals surface area (Å²) in [5.41, 5.74) is 0.701. The van der Waals surface area contributed by atoms with Crippen LogP contribution in [0.15, 0.2) is 102 Å². The number of aromatic nitrogens is 4. The molecular weight excluding hydrogens is 560 g/mol. The molecule has 5 aromatic rings. The third kappa shape index (κ3) is 6.85. The lowest BCUT2D eigenvalue weighted by Crippen LogP contribution is -2.12. The number of phenolic OH excluding ortho intramolecular Hbond substituents is 1. The Labute approximate surface area is 253 Å². The van der Waals surface area contributed by atoms with Crippen molar-refractivity contribution in [1.82, 2.24) is 19.7 Å². The lowest BCUT2D eigenvalue weighted by Gasteiger charge is -2.12. The van der Waals surface area contributed by atoms with Crippen molar-refractivity contribution in [1.29, 1.82) is 0 Å². The van der Waals surface area contributed by atoms with Gasteiger partial charge in [0.2, 0.25) is 0 Å². The highest BCUT2D eigenvalue weighted by atomic mass is 16.5. The zero-order valence-electron chi connectivity index (χ0n) is 23.6. The summed E-state index contributed by atoms with van der Waals surface area (Å²) in [6.07, 6.45) is 8.63. The van der Waals surface area contributed by atoms with Crippen molar-refractivity contribution in [3.63, 3.8) is 0 Å². The number of carbonyl (C=O) groups excluding carboxylic acids is 1. The molecule has 1 amide bonds. The van der Waals surface area contributed by atoms with Crippen LogP contribution in [0, 0.1) is 6.57 Å². The first-order chi connectivity index (χ1) is 21.6. The number of fused-ring (bicyclic) bond motifs is 1. The van der Waals surface area contributed by atoms with Crippen LogP contribution in [0.4, 0.5) is 22.9 Å². The fourth-order valence-electron chi connectivity index (χ4n) is 4.35. The Morgan fingerprint density at radius 1 is 1.05 bits per heavy atom. The number of benzene rings is 3. The number of ether oxygens (including phenoxy) is 2. The van der Waals surface area contributed by atoms with Crippen LogP contribution in [-0.4, -0.2) is 44.0 Å². The van der Waals surface area contributed by atoms with Crippen molar-refractivity contribution in [3.05, 3.63) is 109 Å². The van der Waals surface area contributed by atoms with Gasteiger partial charge in [0, 0.05) is 18.1 Å². The van der Waals surface area contributed by atoms with Crippen molar-refractivity contribution in [2.45, 2.75) is 19.3 Å². The van der Waals surface area contributed by atoms with Gasteiger partial charge in [-0.25, -0.2) is 14.8 Å². The first-order valence-corrected chi connectivity index (χ1v) is 13.7. The lowest BCUT2D eigenvalue weighted by molar-refractivity contribution is 0.102. The molecule has 44 heavy (non-hydrogen) atoms. The number of anilines is 1. The summed E-state index contributed by atoms with van der Waals surface area (Å²) in [5.74, 6) is 0.0594. The van der Waals surface area contributed by atoms with Gasteiger partial charge < -0.3 is 19.9 Å². The maximum atomic E-state index is 13.5. The van der Waals surface area contributed by atoms with Crippen molar-refractivity contribution in [2.24, 2.45) is 10.2 Å². The van der Waals surface area contributed by atoms with Gasteiger partial charge in [-0.15, -0.1) is 10.2 Å². The number of phenols is 1.